The Labute approximate surface area is 96.9 Å². The van der Waals surface area contributed by atoms with Gasteiger partial charge in [-0.15, -0.1) is 5.11 Å². The number of ether oxygens (including phenoxy) is 1. The van der Waals surface area contributed by atoms with Crippen LogP contribution in [0.25, 0.3) is 0 Å². The third-order valence-electron chi connectivity index (χ3n) is 2.32. The fraction of sp³-hybridized carbons (Fsp3) is 0.750. The molecule has 0 amide bonds. The number of hydrogen-bond donors (Lipinski definition) is 1. The molecule has 0 aliphatic carbocycles. The zero-order chi connectivity index (χ0) is 10.6. The highest BCUT2D eigenvalue weighted by atomic mass is 79.9. The Morgan fingerprint density at radius 3 is 2.64 bits per heavy atom. The Morgan fingerprint density at radius 1 is 1.57 bits per heavy atom. The second-order valence-electron chi connectivity index (χ2n) is 3.15. The molecule has 1 aliphatic heterocycles. The lowest BCUT2D eigenvalue weighted by atomic mass is 10.1. The summed E-state index contributed by atoms with van der Waals surface area (Å²) in [7, 11) is 1.91. The van der Waals surface area contributed by atoms with E-state index in [-0.39, 0.29) is 0 Å². The number of nitrogens with zero attached hydrogens (tertiary/aromatic N) is 2. The molecule has 0 atom stereocenters. The van der Waals surface area contributed by atoms with Gasteiger partial charge in [0, 0.05) is 26.3 Å². The van der Waals surface area contributed by atoms with Crippen LogP contribution in [-0.2, 0) is 4.74 Å². The van der Waals surface area contributed by atoms with E-state index in [1.54, 1.807) is 0 Å². The highest BCUT2D eigenvalue weighted by molar-refractivity contribution is 9.11. The zero-order valence-corrected chi connectivity index (χ0v) is 10.3. The Balaban J connectivity index is 2.63. The molecule has 1 saturated heterocycles. The Bertz CT molecular complexity index is 241. The van der Waals surface area contributed by atoms with Gasteiger partial charge in [0.05, 0.1) is 0 Å². The van der Waals surface area contributed by atoms with E-state index in [0.29, 0.717) is 15.8 Å². The van der Waals surface area contributed by atoms with Crippen molar-refractivity contribution in [1.82, 2.24) is 4.90 Å². The SMILES string of the molecule is CN(/C(Cl)=C(/Br)N=N)C1CCOCC1. The molecule has 0 aromatic heterocycles. The van der Waals surface area contributed by atoms with Crippen LogP contribution in [0.15, 0.2) is 14.9 Å². The van der Waals surface area contributed by atoms with Crippen molar-refractivity contribution in [3.05, 3.63) is 9.76 Å². The van der Waals surface area contributed by atoms with Crippen molar-refractivity contribution in [2.45, 2.75) is 18.9 Å². The van der Waals surface area contributed by atoms with Gasteiger partial charge >= 0.3 is 0 Å². The van der Waals surface area contributed by atoms with E-state index in [0.717, 1.165) is 26.1 Å². The summed E-state index contributed by atoms with van der Waals surface area (Å²) in [5.41, 5.74) is 6.83. The van der Waals surface area contributed by atoms with Gasteiger partial charge in [-0.3, -0.25) is 0 Å². The van der Waals surface area contributed by atoms with Crippen molar-refractivity contribution >= 4 is 27.5 Å². The zero-order valence-electron chi connectivity index (χ0n) is 7.96. The second kappa shape index (κ2) is 5.68. The summed E-state index contributed by atoms with van der Waals surface area (Å²) in [6, 6.07) is 0.380. The van der Waals surface area contributed by atoms with Crippen molar-refractivity contribution in [2.75, 3.05) is 20.3 Å². The maximum Gasteiger partial charge on any atom is 0.163 e. The third kappa shape index (κ3) is 2.93. The predicted octanol–water partition coefficient (Wildman–Crippen LogP) is 2.89. The maximum absolute atomic E-state index is 6.83. The predicted molar refractivity (Wildman–Crippen MR) is 58.6 cm³/mol. The van der Waals surface area contributed by atoms with E-state index in [2.05, 4.69) is 21.0 Å². The summed E-state index contributed by atoms with van der Waals surface area (Å²) in [6.45, 7) is 1.55. The largest absolute Gasteiger partial charge is 0.381 e. The lowest BCUT2D eigenvalue weighted by Crippen LogP contribution is -2.35. The van der Waals surface area contributed by atoms with Crippen LogP contribution in [0.2, 0.25) is 0 Å². The van der Waals surface area contributed by atoms with Crippen LogP contribution in [0.1, 0.15) is 12.8 Å². The topological polar surface area (TPSA) is 48.7 Å². The minimum absolute atomic E-state index is 0.369. The van der Waals surface area contributed by atoms with Crippen LogP contribution in [0.3, 0.4) is 0 Å². The molecule has 0 unspecified atom stereocenters. The number of rotatable bonds is 3. The highest BCUT2D eigenvalue weighted by Gasteiger charge is 2.20. The first kappa shape index (κ1) is 11.9. The molecular formula is C8H13BrClN3O. The number of halogens is 2. The van der Waals surface area contributed by atoms with Gasteiger partial charge in [-0.25, -0.2) is 5.53 Å². The first-order valence-corrected chi connectivity index (χ1v) is 5.57. The molecule has 4 nitrogen and oxygen atoms in total. The molecule has 1 fully saturated rings. The molecule has 6 heteroatoms. The van der Waals surface area contributed by atoms with Gasteiger partial charge in [0.1, 0.15) is 5.16 Å². The normalized spacial score (nSPS) is 20.2. The van der Waals surface area contributed by atoms with Crippen LogP contribution in [0, 0.1) is 5.53 Å². The van der Waals surface area contributed by atoms with E-state index < -0.39 is 0 Å². The summed E-state index contributed by atoms with van der Waals surface area (Å²) in [5.74, 6) is 0. The van der Waals surface area contributed by atoms with Gasteiger partial charge in [-0.05, 0) is 28.8 Å². The van der Waals surface area contributed by atoms with E-state index in [4.69, 9.17) is 21.9 Å². The molecule has 14 heavy (non-hydrogen) atoms. The van der Waals surface area contributed by atoms with Gasteiger partial charge in [-0.2, -0.15) is 0 Å². The average Bonchev–Trinajstić information content (AvgIpc) is 2.27. The second-order valence-corrected chi connectivity index (χ2v) is 4.26. The van der Waals surface area contributed by atoms with E-state index >= 15 is 0 Å². The van der Waals surface area contributed by atoms with Gasteiger partial charge in [0.25, 0.3) is 0 Å². The van der Waals surface area contributed by atoms with E-state index in [1.165, 1.54) is 0 Å². The summed E-state index contributed by atoms with van der Waals surface area (Å²) in [4.78, 5) is 1.94. The fourth-order valence-electron chi connectivity index (χ4n) is 1.42. The first-order chi connectivity index (χ1) is 6.66. The highest BCUT2D eigenvalue weighted by Crippen LogP contribution is 2.25. The Morgan fingerprint density at radius 2 is 2.14 bits per heavy atom. The molecule has 0 aromatic rings. The van der Waals surface area contributed by atoms with Crippen molar-refractivity contribution in [3.8, 4) is 0 Å². The van der Waals surface area contributed by atoms with Gasteiger partial charge in [-0.1, -0.05) is 11.6 Å². The third-order valence-corrected chi connectivity index (χ3v) is 3.54. The monoisotopic (exact) mass is 281 g/mol. The van der Waals surface area contributed by atoms with Crippen molar-refractivity contribution in [3.63, 3.8) is 0 Å². The van der Waals surface area contributed by atoms with Crippen molar-refractivity contribution in [2.24, 2.45) is 5.11 Å². The standard InChI is InChI=1S/C8H13BrClN3O/c1-13(8(10)7(9)12-11)6-2-4-14-5-3-6/h6,11H,2-5H2,1H3/b8-7-,12-11?. The summed E-state index contributed by atoms with van der Waals surface area (Å²) < 4.78 is 5.63. The molecule has 1 aliphatic rings. The Kier molecular flexibility index (Phi) is 4.84. The van der Waals surface area contributed by atoms with Crippen LogP contribution < -0.4 is 0 Å². The molecule has 0 aromatic carbocycles. The minimum atomic E-state index is 0.369. The van der Waals surface area contributed by atoms with Gasteiger partial charge in [0.15, 0.2) is 4.61 Å². The molecule has 0 saturated carbocycles. The lowest BCUT2D eigenvalue weighted by Gasteiger charge is -2.32. The number of hydrogen-bond acceptors (Lipinski definition) is 4. The summed E-state index contributed by atoms with van der Waals surface area (Å²) in [5, 5.41) is 3.72. The minimum Gasteiger partial charge on any atom is -0.381 e. The van der Waals surface area contributed by atoms with E-state index in [1.807, 2.05) is 11.9 Å². The molecule has 1 rings (SSSR count). The average molecular weight is 283 g/mol. The van der Waals surface area contributed by atoms with Crippen LogP contribution in [0.5, 0.6) is 0 Å². The van der Waals surface area contributed by atoms with Gasteiger partial charge < -0.3 is 9.64 Å². The molecule has 0 spiro atoms. The maximum atomic E-state index is 6.83. The molecule has 0 radical (unpaired) electrons. The first-order valence-electron chi connectivity index (χ1n) is 4.40. The van der Waals surface area contributed by atoms with Crippen molar-refractivity contribution < 1.29 is 4.74 Å². The Hall–Kier alpha value is -0.130. The lowest BCUT2D eigenvalue weighted by molar-refractivity contribution is 0.0545. The summed E-state index contributed by atoms with van der Waals surface area (Å²) in [6.07, 6.45) is 1.93. The smallest absolute Gasteiger partial charge is 0.163 e. The summed E-state index contributed by atoms with van der Waals surface area (Å²) >= 11 is 9.15. The van der Waals surface area contributed by atoms with Crippen LogP contribution >= 0.6 is 27.5 Å². The fourth-order valence-corrected chi connectivity index (χ4v) is 1.88. The molecule has 80 valence electrons. The molecule has 1 N–H and O–H groups in total. The van der Waals surface area contributed by atoms with Crippen LogP contribution in [0.4, 0.5) is 0 Å². The molecule has 0 bridgehead atoms. The molecular weight excluding hydrogens is 269 g/mol. The van der Waals surface area contributed by atoms with Gasteiger partial charge in [0.2, 0.25) is 0 Å². The quantitative estimate of drug-likeness (QED) is 0.639. The van der Waals surface area contributed by atoms with Crippen LogP contribution in [-0.4, -0.2) is 31.2 Å². The van der Waals surface area contributed by atoms with Crippen molar-refractivity contribution in [1.29, 1.82) is 5.53 Å². The van der Waals surface area contributed by atoms with E-state index in [9.17, 15) is 0 Å². The number of nitrogens with one attached hydrogen (secondary N) is 1. The molecule has 1 heterocycles.